The van der Waals surface area contributed by atoms with Gasteiger partial charge in [0.15, 0.2) is 0 Å². The number of imide groups is 1. The molecule has 0 bridgehead atoms. The van der Waals surface area contributed by atoms with Gasteiger partial charge in [0.1, 0.15) is 11.7 Å². The maximum absolute atomic E-state index is 12.9. The molecular formula is C19H17N7O3. The van der Waals surface area contributed by atoms with Crippen LogP contribution in [0, 0.1) is 0 Å². The molecule has 3 aromatic rings. The third-order valence-corrected chi connectivity index (χ3v) is 5.20. The van der Waals surface area contributed by atoms with Crippen LogP contribution in [0.4, 0.5) is 0 Å². The molecule has 2 aliphatic rings. The number of nitrogens with zero attached hydrogens (tertiary/aromatic N) is 6. The Morgan fingerprint density at radius 3 is 2.90 bits per heavy atom. The summed E-state index contributed by atoms with van der Waals surface area (Å²) in [5.41, 5.74) is 2.84. The summed E-state index contributed by atoms with van der Waals surface area (Å²) in [5.74, 6) is -0.926. The average molecular weight is 391 g/mol. The van der Waals surface area contributed by atoms with Crippen LogP contribution in [0.3, 0.4) is 0 Å². The number of hydrogen-bond donors (Lipinski definition) is 1. The van der Waals surface area contributed by atoms with E-state index in [1.807, 2.05) is 24.4 Å². The van der Waals surface area contributed by atoms with Crippen molar-refractivity contribution in [3.05, 3.63) is 59.7 Å². The fraction of sp³-hybridized carbons (Fsp3) is 0.263. The maximum Gasteiger partial charge on any atom is 0.255 e. The average Bonchev–Trinajstić information content (AvgIpc) is 3.44. The molecule has 1 fully saturated rings. The highest BCUT2D eigenvalue weighted by molar-refractivity contribution is 6.05. The van der Waals surface area contributed by atoms with Crippen LogP contribution >= 0.6 is 0 Å². The molecule has 1 aromatic carbocycles. The van der Waals surface area contributed by atoms with Crippen LogP contribution in [0.15, 0.2) is 42.9 Å². The molecule has 0 radical (unpaired) electrons. The van der Waals surface area contributed by atoms with E-state index < -0.39 is 11.9 Å². The van der Waals surface area contributed by atoms with Crippen molar-refractivity contribution in [2.45, 2.75) is 32.0 Å². The van der Waals surface area contributed by atoms with E-state index >= 15 is 0 Å². The zero-order valence-electron chi connectivity index (χ0n) is 15.4. The summed E-state index contributed by atoms with van der Waals surface area (Å²) in [6.07, 6.45) is 5.92. The number of aromatic nitrogens is 5. The number of carbonyl (C=O) groups is 3. The largest absolute Gasteiger partial charge is 0.322 e. The van der Waals surface area contributed by atoms with Gasteiger partial charge in [-0.1, -0.05) is 11.3 Å². The van der Waals surface area contributed by atoms with Crippen molar-refractivity contribution in [3.8, 4) is 5.69 Å². The SMILES string of the molecule is O=C1CCC(N2Cc3ccc(-n4cc(Cn5cccn5)nn4)cc3C2=O)C(=O)N1. The van der Waals surface area contributed by atoms with Gasteiger partial charge in [0.25, 0.3) is 5.91 Å². The molecule has 1 atom stereocenters. The van der Waals surface area contributed by atoms with Crippen LogP contribution in [-0.2, 0) is 22.7 Å². The highest BCUT2D eigenvalue weighted by Crippen LogP contribution is 2.29. The molecule has 1 saturated heterocycles. The molecule has 0 spiro atoms. The quantitative estimate of drug-likeness (QED) is 0.639. The number of amides is 3. The van der Waals surface area contributed by atoms with Crippen LogP contribution in [-0.4, -0.2) is 53.4 Å². The van der Waals surface area contributed by atoms with Crippen LogP contribution in [0.5, 0.6) is 0 Å². The maximum atomic E-state index is 12.9. The summed E-state index contributed by atoms with van der Waals surface area (Å²) in [7, 11) is 0. The number of rotatable bonds is 4. The Morgan fingerprint density at radius 1 is 1.21 bits per heavy atom. The lowest BCUT2D eigenvalue weighted by Gasteiger charge is -2.29. The van der Waals surface area contributed by atoms with Gasteiger partial charge in [-0.25, -0.2) is 4.68 Å². The lowest BCUT2D eigenvalue weighted by Crippen LogP contribution is -2.52. The predicted molar refractivity (Wildman–Crippen MR) is 98.7 cm³/mol. The molecule has 29 heavy (non-hydrogen) atoms. The third kappa shape index (κ3) is 3.08. The summed E-state index contributed by atoms with van der Waals surface area (Å²) in [5, 5.41) is 14.8. The number of fused-ring (bicyclic) bond motifs is 1. The van der Waals surface area contributed by atoms with Crippen molar-refractivity contribution >= 4 is 17.7 Å². The Kier molecular flexibility index (Phi) is 3.97. The molecule has 10 nitrogen and oxygen atoms in total. The zero-order chi connectivity index (χ0) is 20.0. The van der Waals surface area contributed by atoms with Gasteiger partial charge < -0.3 is 4.90 Å². The Balaban J connectivity index is 1.37. The van der Waals surface area contributed by atoms with Crippen molar-refractivity contribution in [3.63, 3.8) is 0 Å². The number of benzene rings is 1. The molecule has 0 saturated carbocycles. The molecule has 3 amide bonds. The first kappa shape index (κ1) is 17.3. The number of nitrogens with one attached hydrogen (secondary N) is 1. The molecule has 1 unspecified atom stereocenters. The van der Waals surface area contributed by atoms with E-state index in [-0.39, 0.29) is 18.2 Å². The van der Waals surface area contributed by atoms with Crippen molar-refractivity contribution < 1.29 is 14.4 Å². The molecule has 2 aromatic heterocycles. The minimum absolute atomic E-state index is 0.215. The summed E-state index contributed by atoms with van der Waals surface area (Å²) in [6.45, 7) is 0.850. The van der Waals surface area contributed by atoms with Crippen LogP contribution in [0.2, 0.25) is 0 Å². The normalized spacial score (nSPS) is 18.8. The highest BCUT2D eigenvalue weighted by atomic mass is 16.2. The van der Waals surface area contributed by atoms with Gasteiger partial charge in [-0.3, -0.25) is 24.4 Å². The molecule has 1 N–H and O–H groups in total. The summed E-state index contributed by atoms with van der Waals surface area (Å²) < 4.78 is 3.36. The van der Waals surface area contributed by atoms with Gasteiger partial charge in [-0.2, -0.15) is 5.10 Å². The Hall–Kier alpha value is -3.82. The van der Waals surface area contributed by atoms with Crippen LogP contribution in [0.1, 0.15) is 34.5 Å². The molecule has 5 rings (SSSR count). The number of carbonyl (C=O) groups excluding carboxylic acids is 3. The molecule has 4 heterocycles. The van der Waals surface area contributed by atoms with Crippen molar-refractivity contribution in [2.75, 3.05) is 0 Å². The second-order valence-electron chi connectivity index (χ2n) is 7.10. The minimum Gasteiger partial charge on any atom is -0.322 e. The smallest absolute Gasteiger partial charge is 0.255 e. The molecule has 146 valence electrons. The first-order valence-electron chi connectivity index (χ1n) is 9.25. The fourth-order valence-corrected chi connectivity index (χ4v) is 3.74. The zero-order valence-corrected chi connectivity index (χ0v) is 15.4. The Bertz CT molecular complexity index is 1120. The van der Waals surface area contributed by atoms with Crippen molar-refractivity contribution in [2.24, 2.45) is 0 Å². The Morgan fingerprint density at radius 2 is 2.10 bits per heavy atom. The number of hydrogen-bond acceptors (Lipinski definition) is 6. The molecule has 10 heteroatoms. The monoisotopic (exact) mass is 391 g/mol. The third-order valence-electron chi connectivity index (χ3n) is 5.20. The summed E-state index contributed by atoms with van der Waals surface area (Å²) in [6, 6.07) is 6.71. The van der Waals surface area contributed by atoms with Gasteiger partial charge in [0.2, 0.25) is 11.8 Å². The lowest BCUT2D eigenvalue weighted by atomic mass is 10.0. The van der Waals surface area contributed by atoms with Gasteiger partial charge >= 0.3 is 0 Å². The fourth-order valence-electron chi connectivity index (χ4n) is 3.74. The highest BCUT2D eigenvalue weighted by Gasteiger charge is 2.39. The van der Waals surface area contributed by atoms with E-state index in [9.17, 15) is 14.4 Å². The topological polar surface area (TPSA) is 115 Å². The van der Waals surface area contributed by atoms with E-state index in [1.54, 1.807) is 27.8 Å². The van der Waals surface area contributed by atoms with E-state index in [1.165, 1.54) is 4.90 Å². The molecular weight excluding hydrogens is 374 g/mol. The van der Waals surface area contributed by atoms with Crippen molar-refractivity contribution in [1.82, 2.24) is 35.0 Å². The van der Waals surface area contributed by atoms with E-state index in [0.717, 1.165) is 11.3 Å². The first-order chi connectivity index (χ1) is 14.1. The lowest BCUT2D eigenvalue weighted by molar-refractivity contribution is -0.136. The van der Waals surface area contributed by atoms with Crippen LogP contribution in [0.25, 0.3) is 5.69 Å². The second kappa shape index (κ2) is 6.66. The van der Waals surface area contributed by atoms with E-state index in [4.69, 9.17) is 0 Å². The summed E-state index contributed by atoms with van der Waals surface area (Å²) >= 11 is 0. The minimum atomic E-state index is -0.622. The summed E-state index contributed by atoms with van der Waals surface area (Å²) in [4.78, 5) is 38.0. The second-order valence-corrected chi connectivity index (χ2v) is 7.10. The molecule has 0 aliphatic carbocycles. The predicted octanol–water partition coefficient (Wildman–Crippen LogP) is 0.273. The van der Waals surface area contributed by atoms with E-state index in [2.05, 4.69) is 20.7 Å². The van der Waals surface area contributed by atoms with Gasteiger partial charge in [0.05, 0.1) is 18.4 Å². The first-order valence-corrected chi connectivity index (χ1v) is 9.25. The van der Waals surface area contributed by atoms with Crippen LogP contribution < -0.4 is 5.32 Å². The Labute approximate surface area is 165 Å². The van der Waals surface area contributed by atoms with Crippen molar-refractivity contribution in [1.29, 1.82) is 0 Å². The molecule has 2 aliphatic heterocycles. The number of piperidine rings is 1. The van der Waals surface area contributed by atoms with E-state index in [0.29, 0.717) is 30.8 Å². The van der Waals surface area contributed by atoms with Gasteiger partial charge in [-0.05, 0) is 30.2 Å². The standard InChI is InChI=1S/C19H17N7O3/c27-17-5-4-16(18(28)21-17)25-9-12-2-3-14(8-15(12)19(25)29)26-11-13(22-23-26)10-24-7-1-6-20-24/h1-3,6-8,11,16H,4-5,9-10H2,(H,21,27,28). The van der Waals surface area contributed by atoms with Gasteiger partial charge in [-0.15, -0.1) is 5.10 Å². The van der Waals surface area contributed by atoms with Gasteiger partial charge in [0, 0.05) is 30.9 Å².